The van der Waals surface area contributed by atoms with E-state index in [0.717, 1.165) is 24.0 Å². The van der Waals surface area contributed by atoms with Crippen LogP contribution in [0.25, 0.3) is 5.57 Å². The number of benzene rings is 1. The van der Waals surface area contributed by atoms with E-state index in [9.17, 15) is 0 Å². The first-order valence-corrected chi connectivity index (χ1v) is 5.88. The molecule has 0 atom stereocenters. The summed E-state index contributed by atoms with van der Waals surface area (Å²) in [5.41, 5.74) is 3.14. The molecule has 0 aliphatic rings. The Bertz CT molecular complexity index is 390. The molecule has 0 aliphatic heterocycles. The van der Waals surface area contributed by atoms with Gasteiger partial charge in [0.1, 0.15) is 0 Å². The van der Waals surface area contributed by atoms with E-state index in [0.29, 0.717) is 5.92 Å². The molecule has 0 saturated heterocycles. The minimum absolute atomic E-state index is 0.407. The molecule has 16 heavy (non-hydrogen) atoms. The van der Waals surface area contributed by atoms with Crippen molar-refractivity contribution in [1.82, 2.24) is 0 Å². The Hall–Kier alpha value is -1.55. The lowest BCUT2D eigenvalue weighted by molar-refractivity contribution is 0.834. The Morgan fingerprint density at radius 3 is 2.38 bits per heavy atom. The predicted molar refractivity (Wildman–Crippen MR) is 68.9 cm³/mol. The average Bonchev–Trinajstić information content (AvgIpc) is 2.27. The number of hydrogen-bond acceptors (Lipinski definition) is 1. The number of aryl methyl sites for hydroxylation is 1. The van der Waals surface area contributed by atoms with Crippen LogP contribution in [-0.2, 0) is 6.42 Å². The van der Waals surface area contributed by atoms with Crippen LogP contribution in [-0.4, -0.2) is 0 Å². The van der Waals surface area contributed by atoms with E-state index in [-0.39, 0.29) is 0 Å². The standard InChI is InChI=1S/C15H19N/c1-4-5-13-6-8-14(9-7-13)15(11-16)10-12(2)3/h6-10,12H,4-5H2,1-3H3/b15-10+. The molecule has 0 fully saturated rings. The van der Waals surface area contributed by atoms with E-state index in [1.165, 1.54) is 5.56 Å². The third-order valence-corrected chi connectivity index (χ3v) is 2.42. The molecule has 0 amide bonds. The Kier molecular flexibility index (Phi) is 4.79. The second kappa shape index (κ2) is 6.12. The third-order valence-electron chi connectivity index (χ3n) is 2.42. The second-order valence-electron chi connectivity index (χ2n) is 4.38. The number of nitrogens with zero attached hydrogens (tertiary/aromatic N) is 1. The maximum Gasteiger partial charge on any atom is 0.0994 e. The topological polar surface area (TPSA) is 23.8 Å². The van der Waals surface area contributed by atoms with E-state index in [2.05, 4.69) is 39.0 Å². The van der Waals surface area contributed by atoms with Gasteiger partial charge in [-0.1, -0.05) is 57.5 Å². The van der Waals surface area contributed by atoms with E-state index in [1.54, 1.807) is 0 Å². The summed E-state index contributed by atoms with van der Waals surface area (Å²) in [5.74, 6) is 0.407. The molecule has 1 aromatic rings. The van der Waals surface area contributed by atoms with Crippen molar-refractivity contribution in [3.05, 3.63) is 41.5 Å². The summed E-state index contributed by atoms with van der Waals surface area (Å²) in [7, 11) is 0. The molecule has 1 rings (SSSR count). The van der Waals surface area contributed by atoms with Gasteiger partial charge in [-0.05, 0) is 23.5 Å². The molecule has 84 valence electrons. The molecule has 0 heterocycles. The molecule has 1 heteroatoms. The first-order valence-electron chi connectivity index (χ1n) is 5.88. The minimum Gasteiger partial charge on any atom is -0.192 e. The summed E-state index contributed by atoms with van der Waals surface area (Å²) >= 11 is 0. The lowest BCUT2D eigenvalue weighted by atomic mass is 10.0. The molecular formula is C15H19N. The van der Waals surface area contributed by atoms with Crippen LogP contribution < -0.4 is 0 Å². The Morgan fingerprint density at radius 2 is 1.94 bits per heavy atom. The highest BCUT2D eigenvalue weighted by molar-refractivity contribution is 5.76. The van der Waals surface area contributed by atoms with Gasteiger partial charge >= 0.3 is 0 Å². The van der Waals surface area contributed by atoms with E-state index in [4.69, 9.17) is 5.26 Å². The van der Waals surface area contributed by atoms with Gasteiger partial charge in [0, 0.05) is 0 Å². The zero-order valence-corrected chi connectivity index (χ0v) is 10.3. The molecule has 0 spiro atoms. The van der Waals surface area contributed by atoms with Gasteiger partial charge in [-0.25, -0.2) is 0 Å². The maximum atomic E-state index is 9.08. The van der Waals surface area contributed by atoms with Gasteiger partial charge in [0.25, 0.3) is 0 Å². The van der Waals surface area contributed by atoms with Crippen LogP contribution >= 0.6 is 0 Å². The highest BCUT2D eigenvalue weighted by atomic mass is 14.2. The van der Waals surface area contributed by atoms with E-state index >= 15 is 0 Å². The van der Waals surface area contributed by atoms with Gasteiger partial charge < -0.3 is 0 Å². The van der Waals surface area contributed by atoms with Crippen molar-refractivity contribution in [1.29, 1.82) is 5.26 Å². The van der Waals surface area contributed by atoms with Gasteiger partial charge in [0.15, 0.2) is 0 Å². The van der Waals surface area contributed by atoms with Crippen molar-refractivity contribution < 1.29 is 0 Å². The number of nitriles is 1. The SMILES string of the molecule is CCCc1ccc(/C(C#N)=C/C(C)C)cc1. The predicted octanol–water partition coefficient (Wildman–Crippen LogP) is 4.20. The van der Waals surface area contributed by atoms with Gasteiger partial charge in [-0.3, -0.25) is 0 Å². The molecule has 0 aliphatic carbocycles. The summed E-state index contributed by atoms with van der Waals surface area (Å²) in [4.78, 5) is 0. The summed E-state index contributed by atoms with van der Waals surface area (Å²) in [5, 5.41) is 9.08. The molecule has 1 nitrogen and oxygen atoms in total. The zero-order chi connectivity index (χ0) is 12.0. The molecule has 0 aromatic heterocycles. The van der Waals surface area contributed by atoms with Crippen LogP contribution in [0.3, 0.4) is 0 Å². The van der Waals surface area contributed by atoms with Crippen LogP contribution in [0.4, 0.5) is 0 Å². The largest absolute Gasteiger partial charge is 0.192 e. The van der Waals surface area contributed by atoms with Crippen LogP contribution in [0.1, 0.15) is 38.3 Å². The van der Waals surface area contributed by atoms with Crippen molar-refractivity contribution in [2.45, 2.75) is 33.6 Å². The van der Waals surface area contributed by atoms with Crippen LogP contribution in [0.15, 0.2) is 30.3 Å². The first kappa shape index (κ1) is 12.5. The lowest BCUT2D eigenvalue weighted by Gasteiger charge is -2.03. The summed E-state index contributed by atoms with van der Waals surface area (Å²) in [6.07, 6.45) is 4.27. The molecule has 0 N–H and O–H groups in total. The molecule has 1 aromatic carbocycles. The van der Waals surface area contributed by atoms with E-state index in [1.807, 2.05) is 18.2 Å². The zero-order valence-electron chi connectivity index (χ0n) is 10.3. The monoisotopic (exact) mass is 213 g/mol. The van der Waals surface area contributed by atoms with Crippen molar-refractivity contribution in [2.75, 3.05) is 0 Å². The van der Waals surface area contributed by atoms with Crippen LogP contribution in [0.5, 0.6) is 0 Å². The summed E-state index contributed by atoms with van der Waals surface area (Å²) in [6.45, 7) is 6.35. The van der Waals surface area contributed by atoms with Gasteiger partial charge in [-0.2, -0.15) is 5.26 Å². The highest BCUT2D eigenvalue weighted by Gasteiger charge is 2.01. The number of allylic oxidation sites excluding steroid dienone is 2. The number of hydrogen-bond donors (Lipinski definition) is 0. The van der Waals surface area contributed by atoms with E-state index < -0.39 is 0 Å². The van der Waals surface area contributed by atoms with Crippen molar-refractivity contribution in [2.24, 2.45) is 5.92 Å². The number of rotatable bonds is 4. The Balaban J connectivity index is 2.92. The summed E-state index contributed by atoms with van der Waals surface area (Å²) < 4.78 is 0. The van der Waals surface area contributed by atoms with Crippen LogP contribution in [0, 0.1) is 17.2 Å². The van der Waals surface area contributed by atoms with Crippen molar-refractivity contribution in [3.8, 4) is 6.07 Å². The normalized spacial score (nSPS) is 11.6. The molecule has 0 unspecified atom stereocenters. The smallest absolute Gasteiger partial charge is 0.0994 e. The third kappa shape index (κ3) is 3.55. The fraction of sp³-hybridized carbons (Fsp3) is 0.400. The highest BCUT2D eigenvalue weighted by Crippen LogP contribution is 2.17. The molecular weight excluding hydrogens is 194 g/mol. The molecule has 0 saturated carbocycles. The Morgan fingerprint density at radius 1 is 1.31 bits per heavy atom. The minimum atomic E-state index is 0.407. The van der Waals surface area contributed by atoms with Gasteiger partial charge in [0.2, 0.25) is 0 Å². The quantitative estimate of drug-likeness (QED) is 0.687. The van der Waals surface area contributed by atoms with Crippen molar-refractivity contribution in [3.63, 3.8) is 0 Å². The Labute approximate surface area is 98.4 Å². The fourth-order valence-corrected chi connectivity index (χ4v) is 1.67. The summed E-state index contributed by atoms with van der Waals surface area (Å²) in [6, 6.07) is 10.6. The average molecular weight is 213 g/mol. The van der Waals surface area contributed by atoms with Gasteiger partial charge in [0.05, 0.1) is 11.6 Å². The second-order valence-corrected chi connectivity index (χ2v) is 4.38. The van der Waals surface area contributed by atoms with Crippen LogP contribution in [0.2, 0.25) is 0 Å². The van der Waals surface area contributed by atoms with Crippen molar-refractivity contribution >= 4 is 5.57 Å². The van der Waals surface area contributed by atoms with Gasteiger partial charge in [-0.15, -0.1) is 0 Å². The first-order chi connectivity index (χ1) is 7.67. The lowest BCUT2D eigenvalue weighted by Crippen LogP contribution is -1.88. The molecule has 0 radical (unpaired) electrons. The maximum absolute atomic E-state index is 9.08. The molecule has 0 bridgehead atoms. The fourth-order valence-electron chi connectivity index (χ4n) is 1.67.